The summed E-state index contributed by atoms with van der Waals surface area (Å²) in [5, 5.41) is 17.5. The molecule has 7 nitrogen and oxygen atoms in total. The number of nitrogens with one attached hydrogen (secondary N) is 3. The first-order valence-electron chi connectivity index (χ1n) is 9.33. The Morgan fingerprint density at radius 3 is 2.20 bits per heavy atom. The Kier molecular flexibility index (Phi) is 7.07. The number of carbonyl (C=O) groups is 2. The van der Waals surface area contributed by atoms with Crippen molar-refractivity contribution in [3.8, 4) is 0 Å². The van der Waals surface area contributed by atoms with Crippen LogP contribution in [0.2, 0.25) is 0 Å². The van der Waals surface area contributed by atoms with Gasteiger partial charge in [0.15, 0.2) is 4.34 Å². The molecule has 1 unspecified atom stereocenters. The van der Waals surface area contributed by atoms with Gasteiger partial charge < -0.3 is 16.0 Å². The number of aromatic nitrogens is 2. The van der Waals surface area contributed by atoms with Gasteiger partial charge in [-0.3, -0.25) is 9.59 Å². The Labute approximate surface area is 183 Å². The molecule has 1 aromatic heterocycles. The normalized spacial score (nSPS) is 11.6. The molecular weight excluding hydrogens is 418 g/mol. The molecule has 0 spiro atoms. The molecule has 1 heterocycles. The van der Waals surface area contributed by atoms with Gasteiger partial charge in [-0.25, -0.2) is 0 Å². The molecular formula is C21H23N5O2S2. The first-order chi connectivity index (χ1) is 14.3. The van der Waals surface area contributed by atoms with E-state index in [-0.39, 0.29) is 17.1 Å². The second-order valence-corrected chi connectivity index (χ2v) is 9.37. The SMILES string of the molecule is CC(=O)Nc1ccc(NC(=O)C(C)Sc2nnc(Nc3ccc(C)c(C)c3)s2)cc1. The number of nitrogens with zero attached hydrogens (tertiary/aromatic N) is 2. The van der Waals surface area contributed by atoms with Gasteiger partial charge >= 0.3 is 0 Å². The highest BCUT2D eigenvalue weighted by atomic mass is 32.2. The zero-order valence-electron chi connectivity index (χ0n) is 17.1. The molecule has 0 aliphatic rings. The third-order valence-electron chi connectivity index (χ3n) is 4.28. The Bertz CT molecular complexity index is 1050. The minimum atomic E-state index is -0.345. The smallest absolute Gasteiger partial charge is 0.237 e. The molecule has 0 saturated heterocycles. The lowest BCUT2D eigenvalue weighted by atomic mass is 10.1. The summed E-state index contributed by atoms with van der Waals surface area (Å²) >= 11 is 2.76. The maximum absolute atomic E-state index is 12.5. The van der Waals surface area contributed by atoms with Gasteiger partial charge in [0.05, 0.1) is 5.25 Å². The summed E-state index contributed by atoms with van der Waals surface area (Å²) in [6.45, 7) is 7.41. The van der Waals surface area contributed by atoms with Gasteiger partial charge in [-0.15, -0.1) is 10.2 Å². The van der Waals surface area contributed by atoms with Crippen molar-refractivity contribution in [2.24, 2.45) is 0 Å². The second kappa shape index (κ2) is 9.73. The van der Waals surface area contributed by atoms with E-state index in [2.05, 4.69) is 52.1 Å². The van der Waals surface area contributed by atoms with Crippen LogP contribution < -0.4 is 16.0 Å². The van der Waals surface area contributed by atoms with Crippen molar-refractivity contribution >= 4 is 57.1 Å². The van der Waals surface area contributed by atoms with Crippen molar-refractivity contribution in [3.05, 3.63) is 53.6 Å². The van der Waals surface area contributed by atoms with E-state index in [0.717, 1.165) is 5.69 Å². The highest BCUT2D eigenvalue weighted by Crippen LogP contribution is 2.31. The van der Waals surface area contributed by atoms with Crippen LogP contribution in [0.5, 0.6) is 0 Å². The first-order valence-corrected chi connectivity index (χ1v) is 11.0. The summed E-state index contributed by atoms with van der Waals surface area (Å²) in [6, 6.07) is 13.1. The van der Waals surface area contributed by atoms with Crippen LogP contribution >= 0.6 is 23.1 Å². The van der Waals surface area contributed by atoms with E-state index < -0.39 is 0 Å². The van der Waals surface area contributed by atoms with Gasteiger partial charge in [0.2, 0.25) is 16.9 Å². The maximum Gasteiger partial charge on any atom is 0.237 e. The number of benzene rings is 2. The van der Waals surface area contributed by atoms with Gasteiger partial charge in [-0.05, 0) is 68.3 Å². The number of hydrogen-bond donors (Lipinski definition) is 3. The standard InChI is InChI=1S/C21H23N5O2S2/c1-12-5-6-18(11-13(12)2)24-20-25-26-21(30-20)29-14(3)19(28)23-17-9-7-16(8-10-17)22-15(4)27/h5-11,14H,1-4H3,(H,22,27)(H,23,28)(H,24,25). The molecule has 3 N–H and O–H groups in total. The van der Waals surface area contributed by atoms with Crippen molar-refractivity contribution in [2.75, 3.05) is 16.0 Å². The lowest BCUT2D eigenvalue weighted by molar-refractivity contribution is -0.115. The van der Waals surface area contributed by atoms with Crippen LogP contribution in [0.3, 0.4) is 0 Å². The molecule has 1 atom stereocenters. The third kappa shape index (κ3) is 6.04. The van der Waals surface area contributed by atoms with E-state index in [1.54, 1.807) is 24.3 Å². The molecule has 0 radical (unpaired) electrons. The molecule has 0 bridgehead atoms. The quantitative estimate of drug-likeness (QED) is 0.448. The van der Waals surface area contributed by atoms with E-state index in [0.29, 0.717) is 20.8 Å². The monoisotopic (exact) mass is 441 g/mol. The van der Waals surface area contributed by atoms with Crippen LogP contribution in [0.1, 0.15) is 25.0 Å². The summed E-state index contributed by atoms with van der Waals surface area (Å²) in [7, 11) is 0. The highest BCUT2D eigenvalue weighted by Gasteiger charge is 2.17. The van der Waals surface area contributed by atoms with Crippen molar-refractivity contribution in [1.82, 2.24) is 10.2 Å². The van der Waals surface area contributed by atoms with Gasteiger partial charge in [-0.1, -0.05) is 29.2 Å². The Morgan fingerprint density at radius 2 is 1.57 bits per heavy atom. The lowest BCUT2D eigenvalue weighted by Crippen LogP contribution is -2.22. The average Bonchev–Trinajstić information content (AvgIpc) is 3.12. The van der Waals surface area contributed by atoms with E-state index in [1.165, 1.54) is 41.1 Å². The molecule has 0 aliphatic carbocycles. The predicted octanol–water partition coefficient (Wildman–Crippen LogP) is 4.98. The molecule has 0 fully saturated rings. The van der Waals surface area contributed by atoms with Crippen LogP contribution in [0.15, 0.2) is 46.8 Å². The number of anilines is 4. The van der Waals surface area contributed by atoms with Crippen molar-refractivity contribution in [3.63, 3.8) is 0 Å². The summed E-state index contributed by atoms with van der Waals surface area (Å²) in [6.07, 6.45) is 0. The largest absolute Gasteiger partial charge is 0.330 e. The molecule has 3 rings (SSSR count). The van der Waals surface area contributed by atoms with Crippen LogP contribution in [0.4, 0.5) is 22.2 Å². The molecule has 2 amide bonds. The van der Waals surface area contributed by atoms with Crippen LogP contribution in [0, 0.1) is 13.8 Å². The fraction of sp³-hybridized carbons (Fsp3) is 0.238. The fourth-order valence-electron chi connectivity index (χ4n) is 2.54. The first kappa shape index (κ1) is 21.8. The van der Waals surface area contributed by atoms with E-state index in [4.69, 9.17) is 0 Å². The van der Waals surface area contributed by atoms with Crippen LogP contribution in [-0.4, -0.2) is 27.3 Å². The summed E-state index contributed by atoms with van der Waals surface area (Å²) < 4.78 is 0.713. The molecule has 0 aliphatic heterocycles. The number of aryl methyl sites for hydroxylation is 2. The number of amides is 2. The van der Waals surface area contributed by atoms with E-state index in [1.807, 2.05) is 13.0 Å². The average molecular weight is 442 g/mol. The van der Waals surface area contributed by atoms with E-state index >= 15 is 0 Å². The second-order valence-electron chi connectivity index (χ2n) is 6.81. The minimum Gasteiger partial charge on any atom is -0.330 e. The number of thioether (sulfide) groups is 1. The zero-order valence-corrected chi connectivity index (χ0v) is 18.8. The van der Waals surface area contributed by atoms with Crippen molar-refractivity contribution in [1.29, 1.82) is 0 Å². The van der Waals surface area contributed by atoms with Crippen molar-refractivity contribution in [2.45, 2.75) is 37.3 Å². The lowest BCUT2D eigenvalue weighted by Gasteiger charge is -2.11. The van der Waals surface area contributed by atoms with E-state index in [9.17, 15) is 9.59 Å². The fourth-order valence-corrected chi connectivity index (χ4v) is 4.46. The van der Waals surface area contributed by atoms with Crippen molar-refractivity contribution < 1.29 is 9.59 Å². The Morgan fingerprint density at radius 1 is 0.933 bits per heavy atom. The molecule has 30 heavy (non-hydrogen) atoms. The Balaban J connectivity index is 1.55. The number of hydrogen-bond acceptors (Lipinski definition) is 7. The predicted molar refractivity (Wildman–Crippen MR) is 124 cm³/mol. The summed E-state index contributed by atoms with van der Waals surface area (Å²) in [5.74, 6) is -0.272. The molecule has 9 heteroatoms. The molecule has 156 valence electrons. The number of carbonyl (C=O) groups excluding carboxylic acids is 2. The molecule has 2 aromatic carbocycles. The van der Waals surface area contributed by atoms with Gasteiger partial charge in [0.25, 0.3) is 0 Å². The third-order valence-corrected chi connectivity index (χ3v) is 6.31. The van der Waals surface area contributed by atoms with Gasteiger partial charge in [-0.2, -0.15) is 0 Å². The van der Waals surface area contributed by atoms with Gasteiger partial charge in [0.1, 0.15) is 0 Å². The van der Waals surface area contributed by atoms with Crippen LogP contribution in [0.25, 0.3) is 0 Å². The van der Waals surface area contributed by atoms with Crippen LogP contribution in [-0.2, 0) is 9.59 Å². The minimum absolute atomic E-state index is 0.133. The summed E-state index contributed by atoms with van der Waals surface area (Å²) in [4.78, 5) is 23.6. The molecule has 3 aromatic rings. The highest BCUT2D eigenvalue weighted by molar-refractivity contribution is 8.02. The zero-order chi connectivity index (χ0) is 21.7. The Hall–Kier alpha value is -2.91. The maximum atomic E-state index is 12.5. The summed E-state index contributed by atoms with van der Waals surface area (Å²) in [5.41, 5.74) is 4.74. The topological polar surface area (TPSA) is 96.0 Å². The number of rotatable bonds is 7. The van der Waals surface area contributed by atoms with Gasteiger partial charge in [0, 0.05) is 24.0 Å². The molecule has 0 saturated carbocycles.